The molecule has 10 heteroatoms. The van der Waals surface area contributed by atoms with Crippen LogP contribution >= 0.6 is 0 Å². The molecule has 3 saturated carbocycles. The molecular weight excluding hydrogens is 566 g/mol. The predicted molar refractivity (Wildman–Crippen MR) is 157 cm³/mol. The average molecular weight is 608 g/mol. The van der Waals surface area contributed by atoms with Gasteiger partial charge in [0.05, 0.1) is 13.5 Å². The lowest BCUT2D eigenvalue weighted by Gasteiger charge is -2.57. The van der Waals surface area contributed by atoms with Crippen LogP contribution in [-0.2, 0) is 38.2 Å². The van der Waals surface area contributed by atoms with Crippen LogP contribution in [0.25, 0.3) is 0 Å². The van der Waals surface area contributed by atoms with Gasteiger partial charge in [-0.15, -0.1) is 0 Å². The summed E-state index contributed by atoms with van der Waals surface area (Å²) in [4.78, 5) is 76.6. The van der Waals surface area contributed by atoms with Crippen LogP contribution in [0.3, 0.4) is 0 Å². The van der Waals surface area contributed by atoms with Crippen molar-refractivity contribution in [1.82, 2.24) is 5.32 Å². The molecule has 1 amide bonds. The monoisotopic (exact) mass is 607 g/mol. The lowest BCUT2D eigenvalue weighted by molar-refractivity contribution is -0.173. The van der Waals surface area contributed by atoms with Gasteiger partial charge in [-0.3, -0.25) is 24.0 Å². The molecule has 7 atom stereocenters. The number of rotatable bonds is 9. The molecule has 3 fully saturated rings. The summed E-state index contributed by atoms with van der Waals surface area (Å²) in [5.74, 6) is -2.83. The third kappa shape index (κ3) is 5.42. The Morgan fingerprint density at radius 2 is 1.75 bits per heavy atom. The quantitative estimate of drug-likeness (QED) is 0.403. The molecule has 2 N–H and O–H groups in total. The van der Waals surface area contributed by atoms with Crippen LogP contribution < -0.4 is 5.32 Å². The number of amides is 1. The van der Waals surface area contributed by atoms with Crippen LogP contribution in [-0.4, -0.2) is 59.6 Å². The highest BCUT2D eigenvalue weighted by Crippen LogP contribution is 2.66. The second-order valence-electron chi connectivity index (χ2n) is 13.3. The van der Waals surface area contributed by atoms with Crippen molar-refractivity contribution in [2.24, 2.45) is 28.6 Å². The maximum absolute atomic E-state index is 13.8. The van der Waals surface area contributed by atoms with Crippen molar-refractivity contribution in [3.8, 4) is 0 Å². The number of aliphatic hydroxyl groups is 1. The van der Waals surface area contributed by atoms with Crippen LogP contribution in [0.2, 0.25) is 0 Å². The normalized spacial score (nSPS) is 33.2. The highest BCUT2D eigenvalue weighted by atomic mass is 16.5. The summed E-state index contributed by atoms with van der Waals surface area (Å²) in [6.45, 7) is 3.24. The lowest BCUT2D eigenvalue weighted by atomic mass is 9.46. The molecule has 1 aromatic rings. The Bertz CT molecular complexity index is 1400. The van der Waals surface area contributed by atoms with E-state index in [9.17, 15) is 33.9 Å². The van der Waals surface area contributed by atoms with Gasteiger partial charge in [0.25, 0.3) is 0 Å². The van der Waals surface area contributed by atoms with Crippen molar-refractivity contribution in [1.29, 1.82) is 0 Å². The van der Waals surface area contributed by atoms with E-state index in [0.29, 0.717) is 24.8 Å². The van der Waals surface area contributed by atoms with E-state index >= 15 is 0 Å². The van der Waals surface area contributed by atoms with Gasteiger partial charge in [0, 0.05) is 30.6 Å². The Labute approximate surface area is 256 Å². The molecule has 4 aliphatic carbocycles. The fourth-order valence-corrected chi connectivity index (χ4v) is 8.67. The molecule has 0 aromatic heterocycles. The minimum Gasteiger partial charge on any atom is -0.467 e. The molecule has 10 nitrogen and oxygen atoms in total. The topological polar surface area (TPSA) is 153 Å². The summed E-state index contributed by atoms with van der Waals surface area (Å²) < 4.78 is 9.99. The molecule has 0 unspecified atom stereocenters. The van der Waals surface area contributed by atoms with Crippen LogP contribution in [0.15, 0.2) is 42.0 Å². The third-order valence-electron chi connectivity index (χ3n) is 11.1. The summed E-state index contributed by atoms with van der Waals surface area (Å²) in [5, 5.41) is 14.4. The van der Waals surface area contributed by atoms with Crippen LogP contribution in [0.4, 0.5) is 0 Å². The molecule has 0 aliphatic heterocycles. The minimum absolute atomic E-state index is 0.00388. The van der Waals surface area contributed by atoms with E-state index in [1.54, 1.807) is 36.4 Å². The van der Waals surface area contributed by atoms with Gasteiger partial charge in [0.2, 0.25) is 11.7 Å². The maximum atomic E-state index is 13.8. The van der Waals surface area contributed by atoms with Crippen molar-refractivity contribution < 1.29 is 43.3 Å². The highest BCUT2D eigenvalue weighted by Gasteiger charge is 2.68. The first-order chi connectivity index (χ1) is 20.8. The molecule has 1 aromatic carbocycles. The van der Waals surface area contributed by atoms with Gasteiger partial charge >= 0.3 is 11.9 Å². The highest BCUT2D eigenvalue weighted by molar-refractivity contribution is 5.95. The molecule has 236 valence electrons. The minimum atomic E-state index is -1.82. The van der Waals surface area contributed by atoms with Crippen LogP contribution in [0.1, 0.15) is 83.2 Å². The Morgan fingerprint density at radius 1 is 1.02 bits per heavy atom. The first-order valence-electron chi connectivity index (χ1n) is 15.4. The van der Waals surface area contributed by atoms with E-state index in [2.05, 4.69) is 12.2 Å². The summed E-state index contributed by atoms with van der Waals surface area (Å²) in [6.07, 6.45) is 4.44. The number of nitrogens with one attached hydrogen (secondary N) is 1. The van der Waals surface area contributed by atoms with Crippen molar-refractivity contribution in [3.05, 3.63) is 47.5 Å². The van der Waals surface area contributed by atoms with Crippen LogP contribution in [0, 0.1) is 28.6 Å². The molecule has 0 saturated heterocycles. The fourth-order valence-electron chi connectivity index (χ4n) is 8.67. The van der Waals surface area contributed by atoms with Crippen molar-refractivity contribution in [3.63, 3.8) is 0 Å². The van der Waals surface area contributed by atoms with E-state index in [-0.39, 0.29) is 60.4 Å². The number of carbonyl (C=O) groups is 6. The molecule has 5 rings (SSSR count). The number of hydrogen-bond donors (Lipinski definition) is 2. The first kappa shape index (κ1) is 31.8. The number of Topliss-reactive ketones (excluding diaryl/α,β-unsaturated/α-hetero) is 2. The summed E-state index contributed by atoms with van der Waals surface area (Å²) in [5.41, 5.74) is -1.61. The van der Waals surface area contributed by atoms with E-state index < -0.39 is 47.3 Å². The Kier molecular flexibility index (Phi) is 8.68. The number of benzene rings is 1. The van der Waals surface area contributed by atoms with Gasteiger partial charge in [-0.2, -0.15) is 0 Å². The van der Waals surface area contributed by atoms with Crippen molar-refractivity contribution in [2.45, 2.75) is 83.3 Å². The standard InChI is InChI=1S/C34H41NO9/c1-32-15-13-22(36)17-21(32)9-10-23-24-14-16-34(42,33(24,2)18-25(37)29(23)32)26(38)19-44-28(40)12-11-27(39)35-30(31(41)43-3)20-7-5-4-6-8-20/h4-8,17,23-24,29-30,42H,9-16,18-19H2,1-3H3,(H,35,39)/t23-,24+,29-,30+,32-,33-,34-/m0/s1. The molecule has 44 heavy (non-hydrogen) atoms. The van der Waals surface area contributed by atoms with Gasteiger partial charge in [0.15, 0.2) is 18.4 Å². The van der Waals surface area contributed by atoms with Crippen molar-refractivity contribution in [2.75, 3.05) is 13.7 Å². The Morgan fingerprint density at radius 3 is 2.45 bits per heavy atom. The second kappa shape index (κ2) is 12.0. The largest absolute Gasteiger partial charge is 0.467 e. The summed E-state index contributed by atoms with van der Waals surface area (Å²) in [6, 6.07) is 7.51. The number of hydrogen-bond acceptors (Lipinski definition) is 9. The van der Waals surface area contributed by atoms with Gasteiger partial charge in [-0.05, 0) is 61.0 Å². The molecule has 0 spiro atoms. The smallest absolute Gasteiger partial charge is 0.333 e. The van der Waals surface area contributed by atoms with E-state index in [1.807, 2.05) is 6.92 Å². The van der Waals surface area contributed by atoms with E-state index in [1.165, 1.54) is 7.11 Å². The number of allylic oxidation sites excluding steroid dienone is 1. The number of esters is 2. The molecular formula is C34H41NO9. The Balaban J connectivity index is 1.18. The third-order valence-corrected chi connectivity index (χ3v) is 11.1. The SMILES string of the molecule is COC(=O)[C@H](NC(=O)CCC(=O)OCC(=O)[C@@]1(O)CC[C@@H]2[C@@H]3CCC4=CC(=O)CC[C@]4(C)[C@@H]3C(=O)C[C@@]21C)c1ccccc1. The number of carbonyl (C=O) groups excluding carboxylic acids is 6. The lowest BCUT2D eigenvalue weighted by Crippen LogP contribution is -2.61. The summed E-state index contributed by atoms with van der Waals surface area (Å²) >= 11 is 0. The van der Waals surface area contributed by atoms with Gasteiger partial charge in [0.1, 0.15) is 11.4 Å². The number of fused-ring (bicyclic) bond motifs is 5. The fraction of sp³-hybridized carbons (Fsp3) is 0.588. The van der Waals surface area contributed by atoms with E-state index in [4.69, 9.17) is 9.47 Å². The van der Waals surface area contributed by atoms with Gasteiger partial charge in [-0.1, -0.05) is 49.8 Å². The number of methoxy groups -OCH3 is 1. The van der Waals surface area contributed by atoms with Gasteiger partial charge in [-0.25, -0.2) is 4.79 Å². The predicted octanol–water partition coefficient (Wildman–Crippen LogP) is 3.35. The maximum Gasteiger partial charge on any atom is 0.333 e. The molecule has 0 bridgehead atoms. The molecule has 4 aliphatic rings. The molecule has 0 radical (unpaired) electrons. The first-order valence-corrected chi connectivity index (χ1v) is 15.4. The van der Waals surface area contributed by atoms with E-state index in [0.717, 1.165) is 18.4 Å². The summed E-state index contributed by atoms with van der Waals surface area (Å²) in [7, 11) is 1.21. The molecule has 0 heterocycles. The average Bonchev–Trinajstić information content (AvgIpc) is 3.28. The zero-order valence-electron chi connectivity index (χ0n) is 25.6. The number of ketones is 3. The van der Waals surface area contributed by atoms with Crippen LogP contribution in [0.5, 0.6) is 0 Å². The van der Waals surface area contributed by atoms with Gasteiger partial charge < -0.3 is 19.9 Å². The number of ether oxygens (including phenoxy) is 2. The van der Waals surface area contributed by atoms with Crippen molar-refractivity contribution >= 4 is 35.2 Å². The zero-order valence-corrected chi connectivity index (χ0v) is 25.6. The second-order valence-corrected chi connectivity index (χ2v) is 13.3. The zero-order chi connectivity index (χ0) is 31.9. The Hall–Kier alpha value is -3.66.